The Balaban J connectivity index is 3.25. The first kappa shape index (κ1) is 11.4. The van der Waals surface area contributed by atoms with Crippen molar-refractivity contribution in [3.05, 3.63) is 0 Å². The molecule has 0 fully saturated rings. The van der Waals surface area contributed by atoms with E-state index in [9.17, 15) is 4.79 Å². The number of nitrogens with zero attached hydrogens (tertiary/aromatic N) is 1. The van der Waals surface area contributed by atoms with Gasteiger partial charge in [-0.05, 0) is 40.5 Å². The zero-order valence-electron chi connectivity index (χ0n) is 8.13. The smallest absolute Gasteiger partial charge is 0.234 e. The third-order valence-corrected chi connectivity index (χ3v) is 1.66. The van der Waals surface area contributed by atoms with Crippen molar-refractivity contribution in [1.82, 2.24) is 10.2 Å². The quantitative estimate of drug-likeness (QED) is 0.527. The number of hydrogen-bond donors (Lipinski definition) is 2. The van der Waals surface area contributed by atoms with E-state index in [0.29, 0.717) is 0 Å². The lowest BCUT2D eigenvalue weighted by Crippen LogP contribution is -2.39. The average molecular weight is 173 g/mol. The predicted octanol–water partition coefficient (Wildman–Crippen LogP) is -0.598. The monoisotopic (exact) mass is 173 g/mol. The van der Waals surface area contributed by atoms with Gasteiger partial charge in [-0.15, -0.1) is 0 Å². The molecule has 0 radical (unpaired) electrons. The maximum atomic E-state index is 10.6. The molecule has 1 amide bonds. The summed E-state index contributed by atoms with van der Waals surface area (Å²) in [5.74, 6) is -0.292. The molecule has 0 bridgehead atoms. The minimum Gasteiger partial charge on any atom is -0.368 e. The molecule has 12 heavy (non-hydrogen) atoms. The van der Waals surface area contributed by atoms with E-state index < -0.39 is 0 Å². The third kappa shape index (κ3) is 6.12. The fourth-order valence-electron chi connectivity index (χ4n) is 0.814. The zero-order valence-corrected chi connectivity index (χ0v) is 8.13. The van der Waals surface area contributed by atoms with Crippen molar-refractivity contribution in [2.45, 2.75) is 19.4 Å². The summed E-state index contributed by atoms with van der Waals surface area (Å²) in [5.41, 5.74) is 5.07. The summed E-state index contributed by atoms with van der Waals surface area (Å²) in [7, 11) is 4.05. The van der Waals surface area contributed by atoms with Gasteiger partial charge in [-0.3, -0.25) is 4.79 Å². The van der Waals surface area contributed by atoms with Crippen LogP contribution in [0.5, 0.6) is 0 Å². The van der Waals surface area contributed by atoms with Crippen LogP contribution in [0.15, 0.2) is 0 Å². The highest BCUT2D eigenvalue weighted by Crippen LogP contribution is 1.83. The van der Waals surface area contributed by atoms with Crippen molar-refractivity contribution in [2.24, 2.45) is 5.73 Å². The number of nitrogens with one attached hydrogen (secondary N) is 1. The summed E-state index contributed by atoms with van der Waals surface area (Å²) in [6.07, 6.45) is 1.03. The van der Waals surface area contributed by atoms with Gasteiger partial charge in [0.25, 0.3) is 0 Å². The Morgan fingerprint density at radius 1 is 1.58 bits per heavy atom. The molecule has 0 aliphatic carbocycles. The highest BCUT2D eigenvalue weighted by molar-refractivity contribution is 5.79. The SMILES string of the molecule is C[C@@H](NCCCN(C)C)C(N)=O. The first-order chi connectivity index (χ1) is 5.54. The second-order valence-corrected chi connectivity index (χ2v) is 3.24. The molecular formula is C8H19N3O. The molecule has 0 saturated heterocycles. The maximum absolute atomic E-state index is 10.6. The Morgan fingerprint density at radius 3 is 2.58 bits per heavy atom. The van der Waals surface area contributed by atoms with Gasteiger partial charge in [0.05, 0.1) is 6.04 Å². The van der Waals surface area contributed by atoms with Crippen molar-refractivity contribution in [1.29, 1.82) is 0 Å². The molecule has 1 atom stereocenters. The lowest BCUT2D eigenvalue weighted by molar-refractivity contribution is -0.119. The molecule has 0 aliphatic heterocycles. The zero-order chi connectivity index (χ0) is 9.56. The van der Waals surface area contributed by atoms with Gasteiger partial charge in [-0.2, -0.15) is 0 Å². The summed E-state index contributed by atoms with van der Waals surface area (Å²) in [5, 5.41) is 3.04. The van der Waals surface area contributed by atoms with Crippen LogP contribution >= 0.6 is 0 Å². The van der Waals surface area contributed by atoms with E-state index >= 15 is 0 Å². The van der Waals surface area contributed by atoms with Crippen LogP contribution < -0.4 is 11.1 Å². The molecule has 0 spiro atoms. The molecule has 72 valence electrons. The van der Waals surface area contributed by atoms with Crippen LogP contribution in [0, 0.1) is 0 Å². The summed E-state index contributed by atoms with van der Waals surface area (Å²) < 4.78 is 0. The number of hydrogen-bond acceptors (Lipinski definition) is 3. The van der Waals surface area contributed by atoms with Crippen LogP contribution in [0.2, 0.25) is 0 Å². The number of primary amides is 1. The molecule has 0 heterocycles. The fourth-order valence-corrected chi connectivity index (χ4v) is 0.814. The highest BCUT2D eigenvalue weighted by atomic mass is 16.1. The summed E-state index contributed by atoms with van der Waals surface area (Å²) in [6.45, 7) is 3.64. The van der Waals surface area contributed by atoms with Crippen molar-refractivity contribution < 1.29 is 4.79 Å². The molecule has 0 aromatic carbocycles. The van der Waals surface area contributed by atoms with Gasteiger partial charge in [0.1, 0.15) is 0 Å². The van der Waals surface area contributed by atoms with E-state index in [1.165, 1.54) is 0 Å². The van der Waals surface area contributed by atoms with E-state index in [0.717, 1.165) is 19.5 Å². The number of amides is 1. The van der Waals surface area contributed by atoms with Gasteiger partial charge < -0.3 is 16.0 Å². The Labute approximate surface area is 74.1 Å². The van der Waals surface area contributed by atoms with Crippen LogP contribution in [0.4, 0.5) is 0 Å². The Hall–Kier alpha value is -0.610. The van der Waals surface area contributed by atoms with E-state index in [1.54, 1.807) is 6.92 Å². The number of rotatable bonds is 6. The molecule has 4 nitrogen and oxygen atoms in total. The minimum atomic E-state index is -0.292. The second-order valence-electron chi connectivity index (χ2n) is 3.24. The van der Waals surface area contributed by atoms with E-state index in [1.807, 2.05) is 14.1 Å². The Kier molecular flexibility index (Phi) is 5.66. The second kappa shape index (κ2) is 5.97. The van der Waals surface area contributed by atoms with E-state index in [-0.39, 0.29) is 11.9 Å². The number of carbonyl (C=O) groups excluding carboxylic acids is 1. The van der Waals surface area contributed by atoms with E-state index in [2.05, 4.69) is 10.2 Å². The van der Waals surface area contributed by atoms with Gasteiger partial charge in [-0.25, -0.2) is 0 Å². The Morgan fingerprint density at radius 2 is 2.17 bits per heavy atom. The molecule has 0 aromatic heterocycles. The molecule has 3 N–H and O–H groups in total. The third-order valence-electron chi connectivity index (χ3n) is 1.66. The number of nitrogens with two attached hydrogens (primary N) is 1. The summed E-state index contributed by atoms with van der Waals surface area (Å²) in [6, 6.07) is -0.216. The van der Waals surface area contributed by atoms with Crippen LogP contribution in [-0.2, 0) is 4.79 Å². The lowest BCUT2D eigenvalue weighted by Gasteiger charge is -2.12. The van der Waals surface area contributed by atoms with Gasteiger partial charge in [-0.1, -0.05) is 0 Å². The van der Waals surface area contributed by atoms with Gasteiger partial charge in [0.15, 0.2) is 0 Å². The molecular weight excluding hydrogens is 154 g/mol. The first-order valence-corrected chi connectivity index (χ1v) is 4.21. The summed E-state index contributed by atoms with van der Waals surface area (Å²) >= 11 is 0. The topological polar surface area (TPSA) is 58.4 Å². The summed E-state index contributed by atoms with van der Waals surface area (Å²) in [4.78, 5) is 12.7. The molecule has 0 rings (SSSR count). The van der Waals surface area contributed by atoms with Gasteiger partial charge in [0.2, 0.25) is 5.91 Å². The fraction of sp³-hybridized carbons (Fsp3) is 0.875. The Bertz CT molecular complexity index is 136. The van der Waals surface area contributed by atoms with Crippen molar-refractivity contribution >= 4 is 5.91 Å². The first-order valence-electron chi connectivity index (χ1n) is 4.21. The van der Waals surface area contributed by atoms with Crippen molar-refractivity contribution in [3.63, 3.8) is 0 Å². The van der Waals surface area contributed by atoms with Gasteiger partial charge >= 0.3 is 0 Å². The molecule has 4 heteroatoms. The average Bonchev–Trinajstić information content (AvgIpc) is 1.97. The predicted molar refractivity (Wildman–Crippen MR) is 49.8 cm³/mol. The highest BCUT2D eigenvalue weighted by Gasteiger charge is 2.05. The van der Waals surface area contributed by atoms with Crippen LogP contribution in [0.1, 0.15) is 13.3 Å². The van der Waals surface area contributed by atoms with Gasteiger partial charge in [0, 0.05) is 0 Å². The molecule has 0 saturated carbocycles. The normalized spacial score (nSPS) is 13.3. The largest absolute Gasteiger partial charge is 0.368 e. The van der Waals surface area contributed by atoms with Crippen LogP contribution in [0.25, 0.3) is 0 Å². The molecule has 0 aromatic rings. The van der Waals surface area contributed by atoms with Crippen LogP contribution in [0.3, 0.4) is 0 Å². The standard InChI is InChI=1S/C8H19N3O/c1-7(8(9)12)10-5-4-6-11(2)3/h7,10H,4-6H2,1-3H3,(H2,9,12)/t7-/m1/s1. The van der Waals surface area contributed by atoms with Crippen LogP contribution in [-0.4, -0.2) is 44.0 Å². The lowest BCUT2D eigenvalue weighted by atomic mass is 10.3. The molecule has 0 aliphatic rings. The maximum Gasteiger partial charge on any atom is 0.234 e. The van der Waals surface area contributed by atoms with Crippen molar-refractivity contribution in [2.75, 3.05) is 27.2 Å². The molecule has 0 unspecified atom stereocenters. The minimum absolute atomic E-state index is 0.216. The van der Waals surface area contributed by atoms with Crippen molar-refractivity contribution in [3.8, 4) is 0 Å². The van der Waals surface area contributed by atoms with E-state index in [4.69, 9.17) is 5.73 Å². The number of carbonyl (C=O) groups is 1.